The number of aromatic nitrogens is 3. The molecule has 3 aromatic heterocycles. The van der Waals surface area contributed by atoms with Gasteiger partial charge < -0.3 is 19.0 Å². The van der Waals surface area contributed by atoms with Crippen molar-refractivity contribution in [3.63, 3.8) is 0 Å². The Morgan fingerprint density at radius 1 is 1.19 bits per heavy atom. The zero-order valence-corrected chi connectivity index (χ0v) is 14.3. The first-order chi connectivity index (χ1) is 12.6. The van der Waals surface area contributed by atoms with Crippen molar-refractivity contribution in [3.05, 3.63) is 64.8 Å². The zero-order valence-electron chi connectivity index (χ0n) is 14.3. The Morgan fingerprint density at radius 2 is 2.00 bits per heavy atom. The summed E-state index contributed by atoms with van der Waals surface area (Å²) in [5, 5.41) is 8.54. The molecule has 132 valence electrons. The molecule has 0 aliphatic rings. The minimum atomic E-state index is -0.156. The first-order valence-corrected chi connectivity index (χ1v) is 8.38. The van der Waals surface area contributed by atoms with Gasteiger partial charge in [0.1, 0.15) is 11.2 Å². The standard InChI is InChI=1S/C19H18N4O3/c1-22-9-6-13-7-10-23(19(25)18(13)22)11-8-20-17(24)12-15-14-4-2-3-5-16(14)26-21-15/h2-7,9-10H,8,11-12H2,1H3,(H,20,24). The molecule has 0 spiro atoms. The van der Waals surface area contributed by atoms with Gasteiger partial charge in [0.25, 0.3) is 5.56 Å². The SMILES string of the molecule is Cn1ccc2ccn(CCNC(=O)Cc3noc4ccccc34)c(=O)c21. The van der Waals surface area contributed by atoms with Crippen LogP contribution in [0.15, 0.2) is 58.1 Å². The Hall–Kier alpha value is -3.35. The van der Waals surface area contributed by atoms with Crippen LogP contribution < -0.4 is 10.9 Å². The van der Waals surface area contributed by atoms with Crippen LogP contribution in [0.1, 0.15) is 5.69 Å². The van der Waals surface area contributed by atoms with Crippen LogP contribution in [0.5, 0.6) is 0 Å². The number of carbonyl (C=O) groups is 1. The summed E-state index contributed by atoms with van der Waals surface area (Å²) >= 11 is 0. The Morgan fingerprint density at radius 3 is 2.88 bits per heavy atom. The van der Waals surface area contributed by atoms with E-state index in [4.69, 9.17) is 4.52 Å². The second-order valence-electron chi connectivity index (χ2n) is 6.20. The number of hydrogen-bond donors (Lipinski definition) is 1. The van der Waals surface area contributed by atoms with Crippen LogP contribution in [-0.4, -0.2) is 26.7 Å². The molecule has 0 unspecified atom stereocenters. The molecular weight excluding hydrogens is 332 g/mol. The molecule has 4 aromatic rings. The van der Waals surface area contributed by atoms with E-state index in [0.29, 0.717) is 29.9 Å². The molecule has 0 saturated heterocycles. The Kier molecular flexibility index (Phi) is 4.04. The van der Waals surface area contributed by atoms with Gasteiger partial charge in [-0.2, -0.15) is 0 Å². The molecule has 26 heavy (non-hydrogen) atoms. The van der Waals surface area contributed by atoms with E-state index in [2.05, 4.69) is 10.5 Å². The fraction of sp³-hybridized carbons (Fsp3) is 0.211. The first-order valence-electron chi connectivity index (χ1n) is 8.38. The van der Waals surface area contributed by atoms with E-state index in [1.807, 2.05) is 54.2 Å². The number of hydrogen-bond acceptors (Lipinski definition) is 4. The Bertz CT molecular complexity index is 1150. The quantitative estimate of drug-likeness (QED) is 0.595. The Labute approximate surface area is 148 Å². The fourth-order valence-electron chi connectivity index (χ4n) is 3.10. The minimum Gasteiger partial charge on any atom is -0.356 e. The van der Waals surface area contributed by atoms with Gasteiger partial charge >= 0.3 is 0 Å². The summed E-state index contributed by atoms with van der Waals surface area (Å²) < 4.78 is 8.62. The lowest BCUT2D eigenvalue weighted by Crippen LogP contribution is -2.32. The molecule has 0 atom stereocenters. The summed E-state index contributed by atoms with van der Waals surface area (Å²) in [5.41, 5.74) is 1.87. The minimum absolute atomic E-state index is 0.0632. The lowest BCUT2D eigenvalue weighted by Gasteiger charge is -2.08. The van der Waals surface area contributed by atoms with E-state index in [0.717, 1.165) is 10.8 Å². The van der Waals surface area contributed by atoms with Crippen LogP contribution in [0.2, 0.25) is 0 Å². The van der Waals surface area contributed by atoms with E-state index in [-0.39, 0.29) is 17.9 Å². The van der Waals surface area contributed by atoms with Gasteiger partial charge in [-0.3, -0.25) is 9.59 Å². The van der Waals surface area contributed by atoms with Gasteiger partial charge in [0, 0.05) is 43.3 Å². The van der Waals surface area contributed by atoms with Crippen molar-refractivity contribution >= 4 is 27.8 Å². The summed E-state index contributed by atoms with van der Waals surface area (Å²) in [7, 11) is 1.85. The molecule has 0 fully saturated rings. The molecule has 7 heteroatoms. The van der Waals surface area contributed by atoms with Gasteiger partial charge in [-0.05, 0) is 24.3 Å². The molecule has 1 aromatic carbocycles. The number of pyridine rings is 1. The van der Waals surface area contributed by atoms with E-state index in [1.54, 1.807) is 10.8 Å². The highest BCUT2D eigenvalue weighted by Gasteiger charge is 2.12. The summed E-state index contributed by atoms with van der Waals surface area (Å²) in [6, 6.07) is 11.2. The number of amides is 1. The van der Waals surface area contributed by atoms with Crippen LogP contribution in [0.25, 0.3) is 21.9 Å². The lowest BCUT2D eigenvalue weighted by molar-refractivity contribution is -0.120. The molecule has 7 nitrogen and oxygen atoms in total. The van der Waals surface area contributed by atoms with E-state index in [1.165, 1.54) is 0 Å². The first kappa shape index (κ1) is 16.1. The number of nitrogens with one attached hydrogen (secondary N) is 1. The average Bonchev–Trinajstić information content (AvgIpc) is 3.21. The van der Waals surface area contributed by atoms with E-state index >= 15 is 0 Å². The molecular formula is C19H18N4O3. The smallest absolute Gasteiger partial charge is 0.275 e. The van der Waals surface area contributed by atoms with Gasteiger partial charge in [-0.1, -0.05) is 17.3 Å². The van der Waals surface area contributed by atoms with Crippen molar-refractivity contribution in [2.24, 2.45) is 7.05 Å². The number of para-hydroxylation sites is 1. The summed E-state index contributed by atoms with van der Waals surface area (Å²) in [5.74, 6) is -0.156. The van der Waals surface area contributed by atoms with Gasteiger partial charge in [0.2, 0.25) is 5.91 Å². The predicted octanol–water partition coefficient (Wildman–Crippen LogP) is 1.84. The second-order valence-corrected chi connectivity index (χ2v) is 6.20. The highest BCUT2D eigenvalue weighted by atomic mass is 16.5. The zero-order chi connectivity index (χ0) is 18.1. The van der Waals surface area contributed by atoms with Crippen molar-refractivity contribution in [1.29, 1.82) is 0 Å². The molecule has 0 bridgehead atoms. The summed E-state index contributed by atoms with van der Waals surface area (Å²) in [6.45, 7) is 0.774. The lowest BCUT2D eigenvalue weighted by atomic mass is 10.1. The van der Waals surface area contributed by atoms with E-state index in [9.17, 15) is 9.59 Å². The molecule has 4 rings (SSSR count). The van der Waals surface area contributed by atoms with Crippen LogP contribution >= 0.6 is 0 Å². The number of rotatable bonds is 5. The maximum atomic E-state index is 12.5. The summed E-state index contributed by atoms with van der Waals surface area (Å²) in [6.07, 6.45) is 3.76. The third-order valence-electron chi connectivity index (χ3n) is 4.46. The molecule has 0 aliphatic heterocycles. The number of fused-ring (bicyclic) bond motifs is 2. The largest absolute Gasteiger partial charge is 0.356 e. The van der Waals surface area contributed by atoms with Crippen LogP contribution in [-0.2, 0) is 24.8 Å². The highest BCUT2D eigenvalue weighted by molar-refractivity contribution is 5.86. The maximum absolute atomic E-state index is 12.5. The van der Waals surface area contributed by atoms with Crippen molar-refractivity contribution in [2.45, 2.75) is 13.0 Å². The highest BCUT2D eigenvalue weighted by Crippen LogP contribution is 2.17. The number of carbonyl (C=O) groups excluding carboxylic acids is 1. The molecule has 1 amide bonds. The molecule has 0 radical (unpaired) electrons. The monoisotopic (exact) mass is 350 g/mol. The number of aryl methyl sites for hydroxylation is 1. The van der Waals surface area contributed by atoms with E-state index < -0.39 is 0 Å². The van der Waals surface area contributed by atoms with Crippen LogP contribution in [0.3, 0.4) is 0 Å². The van der Waals surface area contributed by atoms with Gasteiger partial charge in [-0.15, -0.1) is 0 Å². The molecule has 1 N–H and O–H groups in total. The second kappa shape index (κ2) is 6.51. The topological polar surface area (TPSA) is 82.1 Å². The van der Waals surface area contributed by atoms with Crippen LogP contribution in [0, 0.1) is 0 Å². The fourth-order valence-corrected chi connectivity index (χ4v) is 3.10. The third-order valence-corrected chi connectivity index (χ3v) is 4.46. The molecule has 0 saturated carbocycles. The Balaban J connectivity index is 1.40. The normalized spacial score (nSPS) is 11.3. The van der Waals surface area contributed by atoms with Crippen LogP contribution in [0.4, 0.5) is 0 Å². The van der Waals surface area contributed by atoms with Gasteiger partial charge in [-0.25, -0.2) is 0 Å². The van der Waals surface area contributed by atoms with Crippen molar-refractivity contribution in [2.75, 3.05) is 6.54 Å². The number of nitrogens with zero attached hydrogens (tertiary/aromatic N) is 3. The summed E-state index contributed by atoms with van der Waals surface area (Å²) in [4.78, 5) is 24.7. The maximum Gasteiger partial charge on any atom is 0.275 e. The van der Waals surface area contributed by atoms with Gasteiger partial charge in [0.15, 0.2) is 5.58 Å². The average molecular weight is 350 g/mol. The molecule has 3 heterocycles. The third kappa shape index (κ3) is 2.88. The van der Waals surface area contributed by atoms with Crippen molar-refractivity contribution in [1.82, 2.24) is 19.6 Å². The number of benzene rings is 1. The van der Waals surface area contributed by atoms with Crippen molar-refractivity contribution < 1.29 is 9.32 Å². The van der Waals surface area contributed by atoms with Gasteiger partial charge in [0.05, 0.1) is 6.42 Å². The van der Waals surface area contributed by atoms with Crippen molar-refractivity contribution in [3.8, 4) is 0 Å². The predicted molar refractivity (Wildman–Crippen MR) is 97.9 cm³/mol. The molecule has 0 aliphatic carbocycles.